The number of methoxy groups -OCH3 is 1. The van der Waals surface area contributed by atoms with Gasteiger partial charge in [0.25, 0.3) is 0 Å². The lowest BCUT2D eigenvalue weighted by Crippen LogP contribution is -1.92. The summed E-state index contributed by atoms with van der Waals surface area (Å²) in [4.78, 5) is 0. The third-order valence-corrected chi connectivity index (χ3v) is 1.58. The standard InChI is InChI=1S/C8H12O.2C2H6/c1-7-3-5-8(9-2)6-4-7;2*1-2/h3,5H,4,6H2,1-2H3;2*1-2H3. The average Bonchev–Trinajstić information content (AvgIpc) is 2.25. The van der Waals surface area contributed by atoms with E-state index in [0.29, 0.717) is 0 Å². The molecule has 0 atom stereocenters. The summed E-state index contributed by atoms with van der Waals surface area (Å²) >= 11 is 0. The van der Waals surface area contributed by atoms with Crippen LogP contribution in [-0.4, -0.2) is 7.11 Å². The molecule has 0 aromatic carbocycles. The van der Waals surface area contributed by atoms with Crippen molar-refractivity contribution in [3.05, 3.63) is 23.5 Å². The molecule has 0 unspecified atom stereocenters. The summed E-state index contributed by atoms with van der Waals surface area (Å²) in [5.41, 5.74) is 1.44. The summed E-state index contributed by atoms with van der Waals surface area (Å²) in [6.45, 7) is 10.1. The van der Waals surface area contributed by atoms with E-state index < -0.39 is 0 Å². The van der Waals surface area contributed by atoms with Crippen LogP contribution in [0.1, 0.15) is 47.5 Å². The summed E-state index contributed by atoms with van der Waals surface area (Å²) in [6.07, 6.45) is 6.37. The highest BCUT2D eigenvalue weighted by molar-refractivity contribution is 5.19. The minimum Gasteiger partial charge on any atom is -0.501 e. The van der Waals surface area contributed by atoms with Gasteiger partial charge in [-0.25, -0.2) is 0 Å². The molecule has 13 heavy (non-hydrogen) atoms. The van der Waals surface area contributed by atoms with E-state index in [1.165, 1.54) is 5.57 Å². The van der Waals surface area contributed by atoms with E-state index in [-0.39, 0.29) is 0 Å². The zero-order chi connectivity index (χ0) is 10.7. The molecule has 0 fully saturated rings. The Morgan fingerprint density at radius 2 is 1.54 bits per heavy atom. The van der Waals surface area contributed by atoms with Crippen LogP contribution in [-0.2, 0) is 4.74 Å². The van der Waals surface area contributed by atoms with E-state index >= 15 is 0 Å². The molecule has 0 saturated carbocycles. The first-order valence-electron chi connectivity index (χ1n) is 5.23. The molecule has 1 nitrogen and oxygen atoms in total. The van der Waals surface area contributed by atoms with Gasteiger partial charge in [0.05, 0.1) is 12.9 Å². The van der Waals surface area contributed by atoms with Crippen LogP contribution < -0.4 is 0 Å². The third-order valence-electron chi connectivity index (χ3n) is 1.58. The van der Waals surface area contributed by atoms with Crippen molar-refractivity contribution in [1.29, 1.82) is 0 Å². The summed E-state index contributed by atoms with van der Waals surface area (Å²) in [6, 6.07) is 0. The van der Waals surface area contributed by atoms with Crippen molar-refractivity contribution in [3.63, 3.8) is 0 Å². The highest BCUT2D eigenvalue weighted by Gasteiger charge is 2.00. The van der Waals surface area contributed by atoms with Gasteiger partial charge in [0.15, 0.2) is 0 Å². The molecule has 0 saturated heterocycles. The van der Waals surface area contributed by atoms with Crippen molar-refractivity contribution in [1.82, 2.24) is 0 Å². The maximum atomic E-state index is 5.06. The molecule has 0 N–H and O–H groups in total. The zero-order valence-corrected chi connectivity index (χ0v) is 9.98. The molecule has 0 aromatic rings. The zero-order valence-electron chi connectivity index (χ0n) is 9.98. The highest BCUT2D eigenvalue weighted by atomic mass is 16.5. The molecule has 0 amide bonds. The maximum Gasteiger partial charge on any atom is 0.0958 e. The van der Waals surface area contributed by atoms with Crippen molar-refractivity contribution < 1.29 is 4.74 Å². The molecule has 0 heterocycles. The van der Waals surface area contributed by atoms with Gasteiger partial charge >= 0.3 is 0 Å². The van der Waals surface area contributed by atoms with Gasteiger partial charge in [-0.15, -0.1) is 0 Å². The van der Waals surface area contributed by atoms with E-state index in [2.05, 4.69) is 13.0 Å². The first-order valence-corrected chi connectivity index (χ1v) is 5.23. The van der Waals surface area contributed by atoms with Crippen molar-refractivity contribution in [2.24, 2.45) is 0 Å². The molecule has 0 bridgehead atoms. The van der Waals surface area contributed by atoms with Crippen LogP contribution in [0.15, 0.2) is 23.5 Å². The summed E-state index contributed by atoms with van der Waals surface area (Å²) in [7, 11) is 1.72. The van der Waals surface area contributed by atoms with Gasteiger partial charge in [-0.2, -0.15) is 0 Å². The topological polar surface area (TPSA) is 9.23 Å². The molecule has 1 aliphatic carbocycles. The van der Waals surface area contributed by atoms with Crippen LogP contribution in [0, 0.1) is 0 Å². The van der Waals surface area contributed by atoms with Gasteiger partial charge in [0.1, 0.15) is 0 Å². The third kappa shape index (κ3) is 7.63. The molecule has 1 aliphatic rings. The SMILES string of the molecule is CC.CC.COC1=CC=C(C)CC1. The fourth-order valence-corrected chi connectivity index (χ4v) is 0.892. The van der Waals surface area contributed by atoms with Gasteiger partial charge in [-0.3, -0.25) is 0 Å². The van der Waals surface area contributed by atoms with E-state index in [4.69, 9.17) is 4.74 Å². The van der Waals surface area contributed by atoms with Crippen LogP contribution in [0.25, 0.3) is 0 Å². The number of hydrogen-bond donors (Lipinski definition) is 0. The van der Waals surface area contributed by atoms with Crippen LogP contribution in [0.2, 0.25) is 0 Å². The fourth-order valence-electron chi connectivity index (χ4n) is 0.892. The van der Waals surface area contributed by atoms with E-state index in [1.54, 1.807) is 7.11 Å². The van der Waals surface area contributed by atoms with Crippen molar-refractivity contribution in [2.75, 3.05) is 7.11 Å². The normalized spacial score (nSPS) is 13.7. The molecule has 1 heteroatoms. The summed E-state index contributed by atoms with van der Waals surface area (Å²) < 4.78 is 5.06. The second-order valence-corrected chi connectivity index (χ2v) is 2.35. The van der Waals surface area contributed by atoms with Crippen molar-refractivity contribution >= 4 is 0 Å². The lowest BCUT2D eigenvalue weighted by atomic mass is 10.1. The number of rotatable bonds is 1. The Hall–Kier alpha value is -0.720. The second-order valence-electron chi connectivity index (χ2n) is 2.35. The first-order chi connectivity index (χ1) is 6.33. The smallest absolute Gasteiger partial charge is 0.0958 e. The minimum atomic E-state index is 1.07. The van der Waals surface area contributed by atoms with Gasteiger partial charge in [0.2, 0.25) is 0 Å². The van der Waals surface area contributed by atoms with Crippen LogP contribution in [0.4, 0.5) is 0 Å². The largest absolute Gasteiger partial charge is 0.501 e. The molecule has 1 rings (SSSR count). The van der Waals surface area contributed by atoms with Gasteiger partial charge in [0, 0.05) is 6.42 Å². The Bertz CT molecular complexity index is 155. The lowest BCUT2D eigenvalue weighted by Gasteiger charge is -2.09. The van der Waals surface area contributed by atoms with E-state index in [0.717, 1.165) is 18.6 Å². The Kier molecular flexibility index (Phi) is 12.8. The number of hydrogen-bond acceptors (Lipinski definition) is 1. The van der Waals surface area contributed by atoms with Crippen molar-refractivity contribution in [2.45, 2.75) is 47.5 Å². The molecular weight excluding hydrogens is 160 g/mol. The van der Waals surface area contributed by atoms with Gasteiger partial charge in [-0.05, 0) is 19.4 Å². The molecule has 0 aromatic heterocycles. The summed E-state index contributed by atoms with van der Waals surface area (Å²) in [5.74, 6) is 1.10. The number of allylic oxidation sites excluding steroid dienone is 4. The predicted octanol–water partition coefficient (Wildman–Crippen LogP) is 4.31. The monoisotopic (exact) mass is 184 g/mol. The second kappa shape index (κ2) is 11.3. The quantitative estimate of drug-likeness (QED) is 0.590. The Morgan fingerprint density at radius 3 is 1.85 bits per heavy atom. The Labute approximate surface area is 83.5 Å². The average molecular weight is 184 g/mol. The maximum absolute atomic E-state index is 5.06. The number of ether oxygens (including phenoxy) is 1. The van der Waals surface area contributed by atoms with E-state index in [1.807, 2.05) is 33.8 Å². The van der Waals surface area contributed by atoms with Crippen LogP contribution in [0.3, 0.4) is 0 Å². The Morgan fingerprint density at radius 1 is 1.00 bits per heavy atom. The summed E-state index contributed by atoms with van der Waals surface area (Å²) in [5, 5.41) is 0. The fraction of sp³-hybridized carbons (Fsp3) is 0.667. The molecule has 0 aliphatic heterocycles. The Balaban J connectivity index is 0. The van der Waals surface area contributed by atoms with Gasteiger partial charge < -0.3 is 4.74 Å². The lowest BCUT2D eigenvalue weighted by molar-refractivity contribution is 0.275. The first kappa shape index (κ1) is 14.8. The molecule has 0 spiro atoms. The molecule has 0 radical (unpaired) electrons. The van der Waals surface area contributed by atoms with Crippen molar-refractivity contribution in [3.8, 4) is 0 Å². The van der Waals surface area contributed by atoms with Gasteiger partial charge in [-0.1, -0.05) is 39.3 Å². The molecular formula is C12H24O. The van der Waals surface area contributed by atoms with E-state index in [9.17, 15) is 0 Å². The van der Waals surface area contributed by atoms with Crippen LogP contribution >= 0.6 is 0 Å². The highest BCUT2D eigenvalue weighted by Crippen LogP contribution is 2.17. The molecule has 78 valence electrons. The minimum absolute atomic E-state index is 1.07. The van der Waals surface area contributed by atoms with Crippen LogP contribution in [0.5, 0.6) is 0 Å². The predicted molar refractivity (Wildman–Crippen MR) is 60.8 cm³/mol.